The summed E-state index contributed by atoms with van der Waals surface area (Å²) in [5.74, 6) is 0.990. The van der Waals surface area contributed by atoms with Crippen LogP contribution in [0, 0.1) is 13.8 Å². The van der Waals surface area contributed by atoms with Gasteiger partial charge >= 0.3 is 0 Å². The minimum Gasteiger partial charge on any atom is -0.492 e. The zero-order valence-electron chi connectivity index (χ0n) is 11.9. The average Bonchev–Trinajstić information content (AvgIpc) is 2.31. The summed E-state index contributed by atoms with van der Waals surface area (Å²) < 4.78 is 6.93. The van der Waals surface area contributed by atoms with Crippen molar-refractivity contribution >= 4 is 15.9 Å². The topological polar surface area (TPSA) is 25.8 Å². The molecule has 3 heteroatoms. The van der Waals surface area contributed by atoms with Gasteiger partial charge in [-0.05, 0) is 60.3 Å². The highest BCUT2D eigenvalue weighted by Gasteiger charge is 2.06. The lowest BCUT2D eigenvalue weighted by Crippen LogP contribution is -2.89. The van der Waals surface area contributed by atoms with Gasteiger partial charge in [-0.2, -0.15) is 0 Å². The largest absolute Gasteiger partial charge is 0.492 e. The molecule has 0 fully saturated rings. The second kappa shape index (κ2) is 7.80. The lowest BCUT2D eigenvalue weighted by molar-refractivity contribution is -0.686. The highest BCUT2D eigenvalue weighted by molar-refractivity contribution is 9.10. The first kappa shape index (κ1) is 15.5. The Morgan fingerprint density at radius 2 is 2.06 bits per heavy atom. The Balaban J connectivity index is 2.36. The van der Waals surface area contributed by atoms with Gasteiger partial charge in [-0.3, -0.25) is 0 Å². The van der Waals surface area contributed by atoms with Crippen molar-refractivity contribution in [3.05, 3.63) is 27.7 Å². The monoisotopic (exact) mass is 314 g/mol. The van der Waals surface area contributed by atoms with E-state index >= 15 is 0 Å². The van der Waals surface area contributed by atoms with Crippen molar-refractivity contribution in [2.75, 3.05) is 13.2 Å². The van der Waals surface area contributed by atoms with Crippen LogP contribution >= 0.6 is 15.9 Å². The van der Waals surface area contributed by atoms with Gasteiger partial charge in [0, 0.05) is 6.42 Å². The Hall–Kier alpha value is -0.540. The Kier molecular flexibility index (Phi) is 6.72. The Morgan fingerprint density at radius 1 is 1.33 bits per heavy atom. The SMILES string of the molecule is CC[C@H](C)[NH2+]CCCOc1c(C)cc(C)cc1Br. The van der Waals surface area contributed by atoms with E-state index < -0.39 is 0 Å². The third-order valence-electron chi connectivity index (χ3n) is 3.18. The summed E-state index contributed by atoms with van der Waals surface area (Å²) in [4.78, 5) is 0. The van der Waals surface area contributed by atoms with Crippen molar-refractivity contribution < 1.29 is 10.1 Å². The summed E-state index contributed by atoms with van der Waals surface area (Å²) in [5.41, 5.74) is 2.46. The molecule has 0 spiro atoms. The van der Waals surface area contributed by atoms with Crippen LogP contribution in [-0.4, -0.2) is 19.2 Å². The minimum atomic E-state index is 0.720. The summed E-state index contributed by atoms with van der Waals surface area (Å²) in [6.07, 6.45) is 2.31. The predicted molar refractivity (Wildman–Crippen MR) is 80.3 cm³/mol. The van der Waals surface area contributed by atoms with Crippen molar-refractivity contribution in [1.29, 1.82) is 0 Å². The van der Waals surface area contributed by atoms with E-state index in [4.69, 9.17) is 4.74 Å². The highest BCUT2D eigenvalue weighted by atomic mass is 79.9. The summed E-state index contributed by atoms with van der Waals surface area (Å²) in [6.45, 7) is 10.6. The molecule has 0 amide bonds. The molecule has 0 saturated carbocycles. The first-order chi connectivity index (χ1) is 8.54. The van der Waals surface area contributed by atoms with Crippen LogP contribution in [0.2, 0.25) is 0 Å². The third kappa shape index (κ3) is 4.99. The second-order valence-electron chi connectivity index (χ2n) is 5.00. The number of rotatable bonds is 7. The smallest absolute Gasteiger partial charge is 0.136 e. The zero-order valence-corrected chi connectivity index (χ0v) is 13.5. The molecule has 0 saturated heterocycles. The first-order valence-electron chi connectivity index (χ1n) is 6.77. The van der Waals surface area contributed by atoms with E-state index in [1.54, 1.807) is 0 Å². The molecule has 1 atom stereocenters. The van der Waals surface area contributed by atoms with E-state index in [0.29, 0.717) is 0 Å². The van der Waals surface area contributed by atoms with Crippen LogP contribution in [0.5, 0.6) is 5.75 Å². The molecule has 1 aromatic rings. The van der Waals surface area contributed by atoms with Crippen molar-refractivity contribution in [1.82, 2.24) is 0 Å². The summed E-state index contributed by atoms with van der Waals surface area (Å²) in [7, 11) is 0. The molecule has 2 nitrogen and oxygen atoms in total. The number of quaternary nitrogens is 1. The number of benzene rings is 1. The van der Waals surface area contributed by atoms with Crippen LogP contribution in [-0.2, 0) is 0 Å². The molecule has 0 unspecified atom stereocenters. The van der Waals surface area contributed by atoms with E-state index in [-0.39, 0.29) is 0 Å². The second-order valence-corrected chi connectivity index (χ2v) is 5.86. The quantitative estimate of drug-likeness (QED) is 0.768. The molecule has 0 aliphatic carbocycles. The summed E-state index contributed by atoms with van der Waals surface area (Å²) in [5, 5.41) is 2.39. The van der Waals surface area contributed by atoms with Gasteiger partial charge in [0.15, 0.2) is 0 Å². The van der Waals surface area contributed by atoms with Crippen molar-refractivity contribution in [2.24, 2.45) is 0 Å². The maximum absolute atomic E-state index is 5.87. The first-order valence-corrected chi connectivity index (χ1v) is 7.56. The lowest BCUT2D eigenvalue weighted by atomic mass is 10.1. The van der Waals surface area contributed by atoms with Gasteiger partial charge in [-0.1, -0.05) is 13.0 Å². The lowest BCUT2D eigenvalue weighted by Gasteiger charge is -2.12. The third-order valence-corrected chi connectivity index (χ3v) is 3.77. The molecular weight excluding hydrogens is 290 g/mol. The Bertz CT molecular complexity index is 356. The van der Waals surface area contributed by atoms with Crippen molar-refractivity contribution in [2.45, 2.75) is 46.6 Å². The van der Waals surface area contributed by atoms with Gasteiger partial charge in [-0.25, -0.2) is 0 Å². The normalized spacial score (nSPS) is 12.5. The molecule has 102 valence electrons. The van der Waals surface area contributed by atoms with E-state index in [0.717, 1.165) is 35.8 Å². The van der Waals surface area contributed by atoms with Gasteiger partial charge in [0.25, 0.3) is 0 Å². The average molecular weight is 315 g/mol. The standard InChI is InChI=1S/C15H24BrNO/c1-5-13(4)17-7-6-8-18-15-12(3)9-11(2)10-14(15)16/h9-10,13,17H,5-8H2,1-4H3/p+1/t13-/m0/s1. The Morgan fingerprint density at radius 3 is 2.67 bits per heavy atom. The van der Waals surface area contributed by atoms with Gasteiger partial charge in [0.2, 0.25) is 0 Å². The van der Waals surface area contributed by atoms with Gasteiger partial charge in [-0.15, -0.1) is 0 Å². The summed E-state index contributed by atoms with van der Waals surface area (Å²) >= 11 is 3.57. The Labute approximate surface area is 119 Å². The van der Waals surface area contributed by atoms with Crippen LogP contribution in [0.4, 0.5) is 0 Å². The summed E-state index contributed by atoms with van der Waals surface area (Å²) in [6, 6.07) is 4.98. The number of ether oxygens (including phenoxy) is 1. The zero-order chi connectivity index (χ0) is 13.5. The number of aryl methyl sites for hydroxylation is 2. The van der Waals surface area contributed by atoms with Crippen LogP contribution in [0.3, 0.4) is 0 Å². The molecule has 0 bridgehead atoms. The molecular formula is C15H25BrNO+. The molecule has 1 rings (SSSR count). The van der Waals surface area contributed by atoms with E-state index in [1.807, 2.05) is 0 Å². The van der Waals surface area contributed by atoms with Crippen LogP contribution in [0.1, 0.15) is 37.8 Å². The molecule has 2 N–H and O–H groups in total. The van der Waals surface area contributed by atoms with Crippen LogP contribution in [0.25, 0.3) is 0 Å². The van der Waals surface area contributed by atoms with Crippen LogP contribution < -0.4 is 10.1 Å². The predicted octanol–water partition coefficient (Wildman–Crippen LogP) is 3.20. The van der Waals surface area contributed by atoms with Crippen molar-refractivity contribution in [3.63, 3.8) is 0 Å². The fraction of sp³-hybridized carbons (Fsp3) is 0.600. The van der Waals surface area contributed by atoms with E-state index in [9.17, 15) is 0 Å². The number of nitrogens with two attached hydrogens (primary N) is 1. The molecule has 18 heavy (non-hydrogen) atoms. The molecule has 0 aliphatic rings. The fourth-order valence-corrected chi connectivity index (χ4v) is 2.70. The highest BCUT2D eigenvalue weighted by Crippen LogP contribution is 2.30. The molecule has 0 heterocycles. The van der Waals surface area contributed by atoms with Crippen LogP contribution in [0.15, 0.2) is 16.6 Å². The van der Waals surface area contributed by atoms with E-state index in [1.165, 1.54) is 17.5 Å². The molecule has 0 aliphatic heterocycles. The molecule has 1 aromatic carbocycles. The van der Waals surface area contributed by atoms with Gasteiger partial charge in [0.05, 0.1) is 23.7 Å². The minimum absolute atomic E-state index is 0.720. The molecule has 0 aromatic heterocycles. The van der Waals surface area contributed by atoms with E-state index in [2.05, 4.69) is 61.1 Å². The maximum Gasteiger partial charge on any atom is 0.136 e. The molecule has 0 radical (unpaired) electrons. The van der Waals surface area contributed by atoms with Gasteiger partial charge < -0.3 is 10.1 Å². The maximum atomic E-state index is 5.87. The number of halogens is 1. The van der Waals surface area contributed by atoms with Gasteiger partial charge in [0.1, 0.15) is 5.75 Å². The number of hydrogen-bond acceptors (Lipinski definition) is 1. The fourth-order valence-electron chi connectivity index (χ4n) is 1.91. The van der Waals surface area contributed by atoms with Crippen molar-refractivity contribution in [3.8, 4) is 5.75 Å². The number of hydrogen-bond donors (Lipinski definition) is 1.